The fraction of sp³-hybridized carbons (Fsp3) is 0.429. The van der Waals surface area contributed by atoms with Crippen molar-refractivity contribution in [2.45, 2.75) is 18.6 Å². The third kappa shape index (κ3) is 3.84. The first kappa shape index (κ1) is 17.3. The molecule has 6 nitrogen and oxygen atoms in total. The molecule has 1 aliphatic heterocycles. The summed E-state index contributed by atoms with van der Waals surface area (Å²) >= 11 is 1.42. The maximum absolute atomic E-state index is 12.4. The van der Waals surface area contributed by atoms with E-state index < -0.39 is 24.0 Å². The number of thioether (sulfide) groups is 1. The summed E-state index contributed by atoms with van der Waals surface area (Å²) < 4.78 is 34.0. The van der Waals surface area contributed by atoms with Crippen LogP contribution in [0.25, 0.3) is 0 Å². The first-order valence-electron chi connectivity index (χ1n) is 6.64. The van der Waals surface area contributed by atoms with E-state index in [0.29, 0.717) is 12.2 Å². The molecule has 1 aromatic carbocycles. The zero-order valence-electron chi connectivity index (χ0n) is 12.2. The number of halogens is 2. The summed E-state index contributed by atoms with van der Waals surface area (Å²) in [6, 6.07) is 3.76. The van der Waals surface area contributed by atoms with Crippen LogP contribution in [-0.4, -0.2) is 47.7 Å². The van der Waals surface area contributed by atoms with E-state index in [2.05, 4.69) is 10.1 Å². The number of ether oxygens (including phenoxy) is 2. The van der Waals surface area contributed by atoms with Crippen molar-refractivity contribution in [1.29, 1.82) is 0 Å². The molecule has 126 valence electrons. The molecule has 1 saturated heterocycles. The molecule has 23 heavy (non-hydrogen) atoms. The number of rotatable bonds is 6. The van der Waals surface area contributed by atoms with Crippen LogP contribution in [0.3, 0.4) is 0 Å². The molecule has 0 aromatic heterocycles. The molecule has 1 aliphatic rings. The van der Waals surface area contributed by atoms with Gasteiger partial charge in [0.15, 0.2) is 11.5 Å². The largest absolute Gasteiger partial charge is 0.493 e. The van der Waals surface area contributed by atoms with E-state index in [1.165, 1.54) is 31.0 Å². The van der Waals surface area contributed by atoms with Crippen LogP contribution in [0.1, 0.15) is 16.8 Å². The quantitative estimate of drug-likeness (QED) is 0.819. The van der Waals surface area contributed by atoms with Crippen molar-refractivity contribution >= 4 is 23.6 Å². The molecule has 1 atom stereocenters. The van der Waals surface area contributed by atoms with E-state index in [1.807, 2.05) is 0 Å². The minimum atomic E-state index is -3.07. The van der Waals surface area contributed by atoms with Gasteiger partial charge in [0.1, 0.15) is 5.54 Å². The van der Waals surface area contributed by atoms with Gasteiger partial charge in [-0.3, -0.25) is 4.79 Å². The fourth-order valence-electron chi connectivity index (χ4n) is 2.18. The summed E-state index contributed by atoms with van der Waals surface area (Å²) in [4.78, 5) is 23.7. The summed E-state index contributed by atoms with van der Waals surface area (Å²) in [7, 11) is 1.28. The van der Waals surface area contributed by atoms with Crippen molar-refractivity contribution in [2.75, 3.05) is 18.6 Å². The average Bonchev–Trinajstić information content (AvgIpc) is 2.96. The van der Waals surface area contributed by atoms with Gasteiger partial charge in [0.2, 0.25) is 0 Å². The molecule has 0 spiro atoms. The molecule has 1 fully saturated rings. The van der Waals surface area contributed by atoms with Crippen molar-refractivity contribution in [3.8, 4) is 11.5 Å². The number of benzene rings is 1. The summed E-state index contributed by atoms with van der Waals surface area (Å²) in [6.07, 6.45) is 0.301. The van der Waals surface area contributed by atoms with Gasteiger partial charge < -0.3 is 19.9 Å². The Hall–Kier alpha value is -2.03. The summed E-state index contributed by atoms with van der Waals surface area (Å²) in [5.74, 6) is -1.16. The number of hydrogen-bond donors (Lipinski definition) is 2. The minimum Gasteiger partial charge on any atom is -0.493 e. The highest BCUT2D eigenvalue weighted by Crippen LogP contribution is 2.31. The second-order valence-corrected chi connectivity index (χ2v) is 5.99. The van der Waals surface area contributed by atoms with E-state index in [-0.39, 0.29) is 22.8 Å². The summed E-state index contributed by atoms with van der Waals surface area (Å²) in [6.45, 7) is -3.07. The topological polar surface area (TPSA) is 84.9 Å². The Balaban J connectivity index is 2.23. The van der Waals surface area contributed by atoms with Gasteiger partial charge >= 0.3 is 12.6 Å². The van der Waals surface area contributed by atoms with Crippen LogP contribution < -0.4 is 14.8 Å². The monoisotopic (exact) mass is 347 g/mol. The highest BCUT2D eigenvalue weighted by molar-refractivity contribution is 7.99. The molecule has 1 unspecified atom stereocenters. The maximum Gasteiger partial charge on any atom is 0.387 e. The van der Waals surface area contributed by atoms with Crippen molar-refractivity contribution in [3.05, 3.63) is 23.8 Å². The Labute approximate surface area is 135 Å². The molecule has 0 saturated carbocycles. The van der Waals surface area contributed by atoms with Gasteiger partial charge in [-0.15, -0.1) is 0 Å². The number of hydrogen-bond acceptors (Lipinski definition) is 5. The Morgan fingerprint density at radius 3 is 2.65 bits per heavy atom. The van der Waals surface area contributed by atoms with Crippen LogP contribution in [0.2, 0.25) is 0 Å². The number of alkyl halides is 2. The van der Waals surface area contributed by atoms with Crippen LogP contribution in [0.4, 0.5) is 8.78 Å². The molecule has 1 amide bonds. The van der Waals surface area contributed by atoms with Crippen molar-refractivity contribution in [3.63, 3.8) is 0 Å². The zero-order valence-corrected chi connectivity index (χ0v) is 13.0. The Morgan fingerprint density at radius 1 is 1.39 bits per heavy atom. The number of carboxylic acid groups (broad SMARTS) is 1. The molecule has 2 N–H and O–H groups in total. The van der Waals surface area contributed by atoms with Crippen LogP contribution in [-0.2, 0) is 4.79 Å². The Morgan fingerprint density at radius 2 is 2.13 bits per heavy atom. The molecule has 0 aliphatic carbocycles. The van der Waals surface area contributed by atoms with Gasteiger partial charge in [-0.05, 0) is 30.4 Å². The van der Waals surface area contributed by atoms with Gasteiger partial charge in [-0.2, -0.15) is 20.5 Å². The predicted molar refractivity (Wildman–Crippen MR) is 79.4 cm³/mol. The molecule has 0 bridgehead atoms. The van der Waals surface area contributed by atoms with E-state index in [9.17, 15) is 23.5 Å². The maximum atomic E-state index is 12.4. The lowest BCUT2D eigenvalue weighted by molar-refractivity contribution is -0.143. The standard InChI is InChI=1S/C14H15F2NO5S/c1-21-9-3-2-8(6-10(9)22-13(15)16)11(18)17-14(12(19)20)4-5-23-7-14/h2-3,6,13H,4-5,7H2,1H3,(H,17,18)(H,19,20). The number of carbonyl (C=O) groups is 2. The third-order valence-corrected chi connectivity index (χ3v) is 4.62. The smallest absolute Gasteiger partial charge is 0.387 e. The van der Waals surface area contributed by atoms with E-state index in [0.717, 1.165) is 6.07 Å². The SMILES string of the molecule is COc1ccc(C(=O)NC2(C(=O)O)CCSC2)cc1OC(F)F. The van der Waals surface area contributed by atoms with Crippen LogP contribution in [0.5, 0.6) is 11.5 Å². The number of aliphatic carboxylic acids is 1. The van der Waals surface area contributed by atoms with Crippen LogP contribution >= 0.6 is 11.8 Å². The van der Waals surface area contributed by atoms with Crippen LogP contribution in [0.15, 0.2) is 18.2 Å². The summed E-state index contributed by atoms with van der Waals surface area (Å²) in [5.41, 5.74) is -1.33. The first-order valence-corrected chi connectivity index (χ1v) is 7.80. The Bertz CT molecular complexity index is 605. The van der Waals surface area contributed by atoms with E-state index in [4.69, 9.17) is 4.74 Å². The number of methoxy groups -OCH3 is 1. The molecule has 0 radical (unpaired) electrons. The molecule has 9 heteroatoms. The number of carboxylic acids is 1. The molecule has 1 aromatic rings. The lowest BCUT2D eigenvalue weighted by Gasteiger charge is -2.24. The lowest BCUT2D eigenvalue weighted by atomic mass is 9.98. The van der Waals surface area contributed by atoms with E-state index >= 15 is 0 Å². The third-order valence-electron chi connectivity index (χ3n) is 3.43. The van der Waals surface area contributed by atoms with E-state index in [1.54, 1.807) is 0 Å². The highest BCUT2D eigenvalue weighted by Gasteiger charge is 2.43. The predicted octanol–water partition coefficient (Wildman–Crippen LogP) is 1.99. The van der Waals surface area contributed by atoms with Gasteiger partial charge in [-0.25, -0.2) is 4.79 Å². The normalized spacial score (nSPS) is 20.3. The second-order valence-electron chi connectivity index (χ2n) is 4.89. The van der Waals surface area contributed by atoms with Gasteiger partial charge in [0, 0.05) is 11.3 Å². The zero-order chi connectivity index (χ0) is 17.0. The van der Waals surface area contributed by atoms with Gasteiger partial charge in [0.05, 0.1) is 7.11 Å². The average molecular weight is 347 g/mol. The molecular weight excluding hydrogens is 332 g/mol. The first-order chi connectivity index (χ1) is 10.9. The van der Waals surface area contributed by atoms with Crippen LogP contribution in [0, 0.1) is 0 Å². The number of carbonyl (C=O) groups excluding carboxylic acids is 1. The number of amides is 1. The fourth-order valence-corrected chi connectivity index (χ4v) is 3.51. The molecule has 2 rings (SSSR count). The molecular formula is C14H15F2NO5S. The Kier molecular flexibility index (Phi) is 5.30. The number of nitrogens with one attached hydrogen (secondary N) is 1. The van der Waals surface area contributed by atoms with Gasteiger partial charge in [-0.1, -0.05) is 0 Å². The van der Waals surface area contributed by atoms with Crippen molar-refractivity contribution < 1.29 is 33.0 Å². The van der Waals surface area contributed by atoms with Gasteiger partial charge in [0.25, 0.3) is 5.91 Å². The minimum absolute atomic E-state index is 0.0129. The molecule has 1 heterocycles. The lowest BCUT2D eigenvalue weighted by Crippen LogP contribution is -2.54. The van der Waals surface area contributed by atoms with Crippen molar-refractivity contribution in [2.24, 2.45) is 0 Å². The highest BCUT2D eigenvalue weighted by atomic mass is 32.2. The second kappa shape index (κ2) is 7.03. The summed E-state index contributed by atoms with van der Waals surface area (Å²) in [5, 5.41) is 11.8. The van der Waals surface area contributed by atoms with Crippen molar-refractivity contribution in [1.82, 2.24) is 5.32 Å².